The molecule has 12 heavy (non-hydrogen) atoms. The average Bonchev–Trinajstić information content (AvgIpc) is 2.09. The van der Waals surface area contributed by atoms with Gasteiger partial charge in [-0.05, 0) is 18.9 Å². The third kappa shape index (κ3) is 2.25. The third-order valence-corrected chi connectivity index (χ3v) is 1.73. The van der Waals surface area contributed by atoms with Crippen LogP contribution in [0.5, 0.6) is 0 Å². The van der Waals surface area contributed by atoms with E-state index >= 15 is 0 Å². The molecule has 1 aromatic heterocycles. The van der Waals surface area contributed by atoms with Gasteiger partial charge in [0.15, 0.2) is 0 Å². The lowest BCUT2D eigenvalue weighted by Crippen LogP contribution is -2.27. The Balaban J connectivity index is 2.69. The number of aliphatic hydroxyl groups excluding tert-OH is 1. The first-order valence-electron chi connectivity index (χ1n) is 3.86. The molecule has 4 nitrogen and oxygen atoms in total. The Hall–Kier alpha value is -1.00. The van der Waals surface area contributed by atoms with E-state index in [4.69, 9.17) is 10.8 Å². The molecule has 1 atom stereocenters. The van der Waals surface area contributed by atoms with Crippen LogP contribution in [0.3, 0.4) is 0 Å². The van der Waals surface area contributed by atoms with E-state index < -0.39 is 0 Å². The molecule has 3 N–H and O–H groups in total. The highest BCUT2D eigenvalue weighted by atomic mass is 16.3. The molecule has 1 rings (SSSR count). The molecule has 0 aliphatic rings. The van der Waals surface area contributed by atoms with E-state index in [2.05, 4.69) is 9.97 Å². The van der Waals surface area contributed by atoms with Crippen LogP contribution in [0.4, 0.5) is 0 Å². The van der Waals surface area contributed by atoms with Crippen molar-refractivity contribution in [2.24, 2.45) is 5.73 Å². The molecule has 0 aliphatic carbocycles. The van der Waals surface area contributed by atoms with E-state index in [0.717, 1.165) is 11.3 Å². The van der Waals surface area contributed by atoms with E-state index in [0.29, 0.717) is 6.42 Å². The van der Waals surface area contributed by atoms with E-state index in [9.17, 15) is 0 Å². The topological polar surface area (TPSA) is 72.0 Å². The Morgan fingerprint density at radius 1 is 1.67 bits per heavy atom. The van der Waals surface area contributed by atoms with E-state index in [1.54, 1.807) is 6.20 Å². The van der Waals surface area contributed by atoms with Gasteiger partial charge in [-0.1, -0.05) is 0 Å². The highest BCUT2D eigenvalue weighted by Crippen LogP contribution is 2.03. The third-order valence-electron chi connectivity index (χ3n) is 1.73. The first-order valence-corrected chi connectivity index (χ1v) is 3.86. The van der Waals surface area contributed by atoms with Crippen molar-refractivity contribution >= 4 is 0 Å². The van der Waals surface area contributed by atoms with Crippen LogP contribution in [0.25, 0.3) is 0 Å². The second-order valence-electron chi connectivity index (χ2n) is 2.78. The molecule has 0 saturated heterocycles. The molecule has 0 saturated carbocycles. The molecular weight excluding hydrogens is 154 g/mol. The Morgan fingerprint density at radius 3 is 3.00 bits per heavy atom. The van der Waals surface area contributed by atoms with Crippen LogP contribution in [-0.4, -0.2) is 27.7 Å². The summed E-state index contributed by atoms with van der Waals surface area (Å²) in [6, 6.07) is -0.213. The van der Waals surface area contributed by atoms with Gasteiger partial charge in [-0.15, -0.1) is 0 Å². The fraction of sp³-hybridized carbons (Fsp3) is 0.500. The molecule has 1 heterocycles. The van der Waals surface area contributed by atoms with Crippen LogP contribution in [-0.2, 0) is 6.42 Å². The summed E-state index contributed by atoms with van der Waals surface area (Å²) in [4.78, 5) is 7.90. The Labute approximate surface area is 71.5 Å². The van der Waals surface area contributed by atoms with Crippen LogP contribution in [0.2, 0.25) is 0 Å². The lowest BCUT2D eigenvalue weighted by Gasteiger charge is -2.08. The number of hydrogen-bond donors (Lipinski definition) is 2. The van der Waals surface area contributed by atoms with Gasteiger partial charge in [-0.3, -0.25) is 0 Å². The van der Waals surface area contributed by atoms with Crippen molar-refractivity contribution in [1.29, 1.82) is 0 Å². The number of nitrogens with two attached hydrogens (primary N) is 1. The maximum atomic E-state index is 8.72. The molecule has 0 fully saturated rings. The summed E-state index contributed by atoms with van der Waals surface area (Å²) in [5.74, 6) is 0. The zero-order valence-electron chi connectivity index (χ0n) is 7.07. The van der Waals surface area contributed by atoms with Crippen molar-refractivity contribution in [2.45, 2.75) is 19.4 Å². The smallest absolute Gasteiger partial charge is 0.115 e. The molecule has 0 radical (unpaired) electrons. The monoisotopic (exact) mass is 167 g/mol. The van der Waals surface area contributed by atoms with Crippen molar-refractivity contribution in [2.75, 3.05) is 6.61 Å². The molecule has 66 valence electrons. The van der Waals surface area contributed by atoms with Crippen molar-refractivity contribution in [3.05, 3.63) is 23.8 Å². The number of aryl methyl sites for hydroxylation is 1. The first-order chi connectivity index (χ1) is 5.74. The summed E-state index contributed by atoms with van der Waals surface area (Å²) in [5.41, 5.74) is 7.49. The van der Waals surface area contributed by atoms with Gasteiger partial charge in [0.05, 0.1) is 6.61 Å². The number of aromatic nitrogens is 2. The molecule has 0 bridgehead atoms. The molecule has 4 heteroatoms. The minimum atomic E-state index is -0.213. The minimum absolute atomic E-state index is 0.00562. The summed E-state index contributed by atoms with van der Waals surface area (Å²) < 4.78 is 0. The summed E-state index contributed by atoms with van der Waals surface area (Å²) in [6.07, 6.45) is 3.87. The van der Waals surface area contributed by atoms with Crippen molar-refractivity contribution in [3.63, 3.8) is 0 Å². The largest absolute Gasteiger partial charge is 0.395 e. The molecular formula is C8H13N3O. The molecule has 0 aliphatic heterocycles. The van der Waals surface area contributed by atoms with Crippen LogP contribution < -0.4 is 5.73 Å². The second-order valence-corrected chi connectivity index (χ2v) is 2.78. The highest BCUT2D eigenvalue weighted by Gasteiger charge is 2.04. The summed E-state index contributed by atoms with van der Waals surface area (Å²) in [7, 11) is 0. The zero-order chi connectivity index (χ0) is 8.97. The SMILES string of the molecule is Cc1ncncc1CC(N)CO. The van der Waals surface area contributed by atoms with Crippen LogP contribution in [0.1, 0.15) is 11.3 Å². The minimum Gasteiger partial charge on any atom is -0.395 e. The predicted octanol–water partition coefficient (Wildman–Crippen LogP) is -0.353. The molecule has 0 spiro atoms. The number of nitrogens with zero attached hydrogens (tertiary/aromatic N) is 2. The molecule has 1 aromatic rings. The Kier molecular flexibility index (Phi) is 3.13. The predicted molar refractivity (Wildman–Crippen MR) is 45.5 cm³/mol. The van der Waals surface area contributed by atoms with Gasteiger partial charge in [0, 0.05) is 17.9 Å². The first kappa shape index (κ1) is 9.09. The quantitative estimate of drug-likeness (QED) is 0.645. The molecule has 0 aromatic carbocycles. The van der Waals surface area contributed by atoms with Crippen LogP contribution in [0, 0.1) is 6.92 Å². The lowest BCUT2D eigenvalue weighted by atomic mass is 10.1. The maximum Gasteiger partial charge on any atom is 0.115 e. The van der Waals surface area contributed by atoms with Crippen LogP contribution >= 0.6 is 0 Å². The Morgan fingerprint density at radius 2 is 2.42 bits per heavy atom. The van der Waals surface area contributed by atoms with Crippen molar-refractivity contribution < 1.29 is 5.11 Å². The maximum absolute atomic E-state index is 8.72. The summed E-state index contributed by atoms with van der Waals surface area (Å²) >= 11 is 0. The summed E-state index contributed by atoms with van der Waals surface area (Å²) in [5, 5.41) is 8.72. The highest BCUT2D eigenvalue weighted by molar-refractivity contribution is 5.15. The van der Waals surface area contributed by atoms with Gasteiger partial charge in [0.1, 0.15) is 6.33 Å². The van der Waals surface area contributed by atoms with E-state index in [-0.39, 0.29) is 12.6 Å². The van der Waals surface area contributed by atoms with Crippen LogP contribution in [0.15, 0.2) is 12.5 Å². The number of aliphatic hydroxyl groups is 1. The van der Waals surface area contributed by atoms with Crippen molar-refractivity contribution in [1.82, 2.24) is 9.97 Å². The lowest BCUT2D eigenvalue weighted by molar-refractivity contribution is 0.265. The van der Waals surface area contributed by atoms with Crippen molar-refractivity contribution in [3.8, 4) is 0 Å². The normalized spacial score (nSPS) is 12.9. The Bertz CT molecular complexity index is 252. The van der Waals surface area contributed by atoms with Gasteiger partial charge in [0.25, 0.3) is 0 Å². The zero-order valence-corrected chi connectivity index (χ0v) is 7.07. The van der Waals surface area contributed by atoms with Gasteiger partial charge < -0.3 is 10.8 Å². The standard InChI is InChI=1S/C8H13N3O/c1-6-7(2-8(9)4-12)3-10-5-11-6/h3,5,8,12H,2,4,9H2,1H3. The second kappa shape index (κ2) is 4.13. The van der Waals surface area contributed by atoms with Gasteiger partial charge in [-0.25, -0.2) is 9.97 Å². The van der Waals surface area contributed by atoms with E-state index in [1.807, 2.05) is 6.92 Å². The molecule has 0 amide bonds. The number of hydrogen-bond acceptors (Lipinski definition) is 4. The summed E-state index contributed by atoms with van der Waals surface area (Å²) in [6.45, 7) is 1.90. The fourth-order valence-electron chi connectivity index (χ4n) is 0.967. The van der Waals surface area contributed by atoms with Gasteiger partial charge in [0.2, 0.25) is 0 Å². The number of rotatable bonds is 3. The van der Waals surface area contributed by atoms with E-state index in [1.165, 1.54) is 6.33 Å². The average molecular weight is 167 g/mol. The fourth-order valence-corrected chi connectivity index (χ4v) is 0.967. The molecule has 1 unspecified atom stereocenters. The van der Waals surface area contributed by atoms with Gasteiger partial charge >= 0.3 is 0 Å². The van der Waals surface area contributed by atoms with Gasteiger partial charge in [-0.2, -0.15) is 0 Å².